The number of benzene rings is 2. The zero-order chi connectivity index (χ0) is 15.0. The second-order valence-corrected chi connectivity index (χ2v) is 5.48. The van der Waals surface area contributed by atoms with Gasteiger partial charge < -0.3 is 15.4 Å². The van der Waals surface area contributed by atoms with E-state index in [9.17, 15) is 4.79 Å². The summed E-state index contributed by atoms with van der Waals surface area (Å²) in [5, 5.41) is 0.647. The summed E-state index contributed by atoms with van der Waals surface area (Å²) in [5.74, 6) is 0.575. The Bertz CT molecular complexity index is 702. The van der Waals surface area contributed by atoms with Crippen LogP contribution in [-0.4, -0.2) is 12.0 Å². The van der Waals surface area contributed by atoms with E-state index in [-0.39, 0.29) is 5.91 Å². The number of nitrogens with zero attached hydrogens (tertiary/aromatic N) is 1. The van der Waals surface area contributed by atoms with Crippen molar-refractivity contribution < 1.29 is 9.53 Å². The Labute approximate surface area is 128 Å². The fraction of sp³-hybridized carbons (Fsp3) is 0.188. The highest BCUT2D eigenvalue weighted by Crippen LogP contribution is 2.36. The van der Waals surface area contributed by atoms with E-state index >= 15 is 0 Å². The minimum atomic E-state index is -0.514. The summed E-state index contributed by atoms with van der Waals surface area (Å²) in [6, 6.07) is 12.8. The fourth-order valence-electron chi connectivity index (χ4n) is 2.41. The van der Waals surface area contributed by atoms with Crippen LogP contribution >= 0.6 is 11.6 Å². The Hall–Kier alpha value is -2.20. The van der Waals surface area contributed by atoms with E-state index < -0.39 is 6.10 Å². The maximum absolute atomic E-state index is 12.4. The van der Waals surface area contributed by atoms with Crippen molar-refractivity contribution >= 4 is 28.9 Å². The van der Waals surface area contributed by atoms with Gasteiger partial charge in [0.2, 0.25) is 0 Å². The van der Waals surface area contributed by atoms with Crippen molar-refractivity contribution in [1.82, 2.24) is 0 Å². The van der Waals surface area contributed by atoms with Crippen LogP contribution in [0.25, 0.3) is 0 Å². The molecule has 0 saturated heterocycles. The zero-order valence-corrected chi connectivity index (χ0v) is 12.3. The largest absolute Gasteiger partial charge is 0.479 e. The van der Waals surface area contributed by atoms with Crippen LogP contribution in [0.5, 0.6) is 5.75 Å². The SMILES string of the molecule is CC1Oc2ccc(N)cc2N(Cc2cccc(Cl)c2)C1=O. The van der Waals surface area contributed by atoms with Gasteiger partial charge in [-0.05, 0) is 42.8 Å². The first kappa shape index (κ1) is 13.8. The molecule has 2 aromatic carbocycles. The maximum Gasteiger partial charge on any atom is 0.268 e. The van der Waals surface area contributed by atoms with Gasteiger partial charge in [-0.25, -0.2) is 0 Å². The lowest BCUT2D eigenvalue weighted by molar-refractivity contribution is -0.125. The molecular formula is C16H15ClN2O2. The number of nitrogen functional groups attached to an aromatic ring is 1. The normalized spacial score (nSPS) is 17.3. The number of carbonyl (C=O) groups excluding carboxylic acids is 1. The van der Waals surface area contributed by atoms with Gasteiger partial charge in [0.15, 0.2) is 6.10 Å². The second kappa shape index (κ2) is 5.30. The molecule has 1 heterocycles. The minimum absolute atomic E-state index is 0.0897. The molecule has 0 aromatic heterocycles. The Morgan fingerprint density at radius 1 is 1.29 bits per heavy atom. The van der Waals surface area contributed by atoms with Gasteiger partial charge in [-0.2, -0.15) is 0 Å². The van der Waals surface area contributed by atoms with Gasteiger partial charge in [-0.1, -0.05) is 23.7 Å². The van der Waals surface area contributed by atoms with Crippen LogP contribution in [0.15, 0.2) is 42.5 Å². The first-order chi connectivity index (χ1) is 10.0. The second-order valence-electron chi connectivity index (χ2n) is 5.04. The molecule has 2 aromatic rings. The van der Waals surface area contributed by atoms with Gasteiger partial charge in [0.25, 0.3) is 5.91 Å². The van der Waals surface area contributed by atoms with Crippen LogP contribution in [0.3, 0.4) is 0 Å². The summed E-state index contributed by atoms with van der Waals surface area (Å²) in [7, 11) is 0. The summed E-state index contributed by atoms with van der Waals surface area (Å²) in [6.45, 7) is 2.18. The summed E-state index contributed by atoms with van der Waals surface area (Å²) >= 11 is 6.00. The van der Waals surface area contributed by atoms with E-state index in [4.69, 9.17) is 22.1 Å². The fourth-order valence-corrected chi connectivity index (χ4v) is 2.62. The van der Waals surface area contributed by atoms with Crippen molar-refractivity contribution in [2.75, 3.05) is 10.6 Å². The monoisotopic (exact) mass is 302 g/mol. The molecule has 2 N–H and O–H groups in total. The average Bonchev–Trinajstić information content (AvgIpc) is 2.45. The van der Waals surface area contributed by atoms with Gasteiger partial charge in [0, 0.05) is 10.7 Å². The number of anilines is 2. The molecule has 0 aliphatic carbocycles. The first-order valence-electron chi connectivity index (χ1n) is 6.66. The average molecular weight is 303 g/mol. The molecule has 1 aliphatic heterocycles. The lowest BCUT2D eigenvalue weighted by atomic mass is 10.1. The highest BCUT2D eigenvalue weighted by molar-refractivity contribution is 6.30. The molecule has 1 unspecified atom stereocenters. The van der Waals surface area contributed by atoms with Crippen LogP contribution in [0, 0.1) is 0 Å². The third kappa shape index (κ3) is 2.67. The van der Waals surface area contributed by atoms with Gasteiger partial charge in [0.05, 0.1) is 12.2 Å². The number of hydrogen-bond donors (Lipinski definition) is 1. The van der Waals surface area contributed by atoms with Crippen LogP contribution in [0.1, 0.15) is 12.5 Å². The molecular weight excluding hydrogens is 288 g/mol. The lowest BCUT2D eigenvalue weighted by Gasteiger charge is -2.33. The smallest absolute Gasteiger partial charge is 0.268 e. The van der Waals surface area contributed by atoms with Crippen LogP contribution in [0.4, 0.5) is 11.4 Å². The van der Waals surface area contributed by atoms with E-state index in [2.05, 4.69) is 0 Å². The van der Waals surface area contributed by atoms with Crippen molar-refractivity contribution in [2.45, 2.75) is 19.6 Å². The number of nitrogens with two attached hydrogens (primary N) is 1. The van der Waals surface area contributed by atoms with Crippen molar-refractivity contribution in [3.8, 4) is 5.75 Å². The van der Waals surface area contributed by atoms with Gasteiger partial charge in [-0.15, -0.1) is 0 Å². The number of hydrogen-bond acceptors (Lipinski definition) is 3. The minimum Gasteiger partial charge on any atom is -0.479 e. The lowest BCUT2D eigenvalue weighted by Crippen LogP contribution is -2.44. The molecule has 0 bridgehead atoms. The standard InChI is InChI=1S/C16H15ClN2O2/c1-10-16(20)19(9-11-3-2-4-12(17)7-11)14-8-13(18)5-6-15(14)21-10/h2-8,10H,9,18H2,1H3. The summed E-state index contributed by atoms with van der Waals surface area (Å²) in [6.07, 6.45) is -0.514. The molecule has 1 aliphatic rings. The molecule has 0 spiro atoms. The first-order valence-corrected chi connectivity index (χ1v) is 7.04. The molecule has 0 fully saturated rings. The van der Waals surface area contributed by atoms with Gasteiger partial charge in [-0.3, -0.25) is 4.79 Å². The number of rotatable bonds is 2. The highest BCUT2D eigenvalue weighted by Gasteiger charge is 2.31. The molecule has 5 heteroatoms. The number of carbonyl (C=O) groups is 1. The Balaban J connectivity index is 2.00. The van der Waals surface area contributed by atoms with Gasteiger partial charge >= 0.3 is 0 Å². The quantitative estimate of drug-likeness (QED) is 0.867. The van der Waals surface area contributed by atoms with Crippen LogP contribution in [-0.2, 0) is 11.3 Å². The van der Waals surface area contributed by atoms with Crippen LogP contribution in [0.2, 0.25) is 5.02 Å². The van der Waals surface area contributed by atoms with E-state index in [0.29, 0.717) is 28.7 Å². The summed E-state index contributed by atoms with van der Waals surface area (Å²) < 4.78 is 5.62. The van der Waals surface area contributed by atoms with Crippen molar-refractivity contribution in [3.63, 3.8) is 0 Å². The predicted molar refractivity (Wildman–Crippen MR) is 83.6 cm³/mol. The van der Waals surface area contributed by atoms with E-state index in [0.717, 1.165) is 5.56 Å². The molecule has 3 rings (SSSR count). The predicted octanol–water partition coefficient (Wildman–Crippen LogP) is 3.24. The summed E-state index contributed by atoms with van der Waals surface area (Å²) in [4.78, 5) is 14.1. The molecule has 21 heavy (non-hydrogen) atoms. The van der Waals surface area contributed by atoms with Crippen molar-refractivity contribution in [3.05, 3.63) is 53.1 Å². The van der Waals surface area contributed by atoms with E-state index in [1.165, 1.54) is 0 Å². The zero-order valence-electron chi connectivity index (χ0n) is 11.5. The van der Waals surface area contributed by atoms with Crippen molar-refractivity contribution in [2.24, 2.45) is 0 Å². The molecule has 108 valence electrons. The third-order valence-electron chi connectivity index (χ3n) is 3.42. The van der Waals surface area contributed by atoms with Gasteiger partial charge in [0.1, 0.15) is 5.75 Å². The topological polar surface area (TPSA) is 55.6 Å². The Kier molecular flexibility index (Phi) is 3.47. The maximum atomic E-state index is 12.4. The Morgan fingerprint density at radius 2 is 2.10 bits per heavy atom. The molecule has 1 atom stereocenters. The van der Waals surface area contributed by atoms with Crippen LogP contribution < -0.4 is 15.4 Å². The van der Waals surface area contributed by atoms with E-state index in [1.807, 2.05) is 18.2 Å². The molecule has 4 nitrogen and oxygen atoms in total. The third-order valence-corrected chi connectivity index (χ3v) is 3.66. The highest BCUT2D eigenvalue weighted by atomic mass is 35.5. The van der Waals surface area contributed by atoms with E-state index in [1.54, 1.807) is 36.1 Å². The van der Waals surface area contributed by atoms with Crippen molar-refractivity contribution in [1.29, 1.82) is 0 Å². The number of ether oxygens (including phenoxy) is 1. The number of halogens is 1. The Morgan fingerprint density at radius 3 is 2.86 bits per heavy atom. The molecule has 0 saturated carbocycles. The summed E-state index contributed by atoms with van der Waals surface area (Å²) in [5.41, 5.74) is 8.07. The molecule has 0 radical (unpaired) electrons. The molecule has 1 amide bonds. The number of amides is 1. The number of fused-ring (bicyclic) bond motifs is 1.